The molecule has 0 saturated carbocycles. The van der Waals surface area contributed by atoms with Crippen molar-refractivity contribution in [2.45, 2.75) is 0 Å². The van der Waals surface area contributed by atoms with E-state index in [0.29, 0.717) is 16.4 Å². The van der Waals surface area contributed by atoms with Gasteiger partial charge in [-0.25, -0.2) is 0 Å². The first-order chi connectivity index (χ1) is 8.08. The molecule has 1 aromatic heterocycles. The first-order valence-electron chi connectivity index (χ1n) is 4.82. The monoisotopic (exact) mass is 361 g/mol. The largest absolute Gasteiger partial charge is 0.307 e. The molecule has 0 atom stereocenters. The number of halogens is 2. The van der Waals surface area contributed by atoms with Crippen LogP contribution in [0.2, 0.25) is 5.02 Å². The maximum absolute atomic E-state index is 11.9. The molecule has 0 spiro atoms. The van der Waals surface area contributed by atoms with E-state index in [-0.39, 0.29) is 5.91 Å². The molecule has 88 valence electrons. The van der Waals surface area contributed by atoms with E-state index in [2.05, 4.69) is 33.0 Å². The molecule has 0 saturated heterocycles. The smallest absolute Gasteiger partial charge is 0.256 e. The fourth-order valence-electron chi connectivity index (χ4n) is 1.32. The SMILES string of the molecule is Cn1nccc1NC(=O)c1ccc(I)c(Cl)c1. The number of amides is 1. The summed E-state index contributed by atoms with van der Waals surface area (Å²) in [6, 6.07) is 6.92. The molecule has 17 heavy (non-hydrogen) atoms. The van der Waals surface area contributed by atoms with Crippen LogP contribution in [-0.2, 0) is 7.05 Å². The number of rotatable bonds is 2. The highest BCUT2D eigenvalue weighted by molar-refractivity contribution is 14.1. The van der Waals surface area contributed by atoms with Gasteiger partial charge in [0.05, 0.1) is 11.2 Å². The van der Waals surface area contributed by atoms with E-state index in [1.807, 2.05) is 0 Å². The summed E-state index contributed by atoms with van der Waals surface area (Å²) in [7, 11) is 1.76. The number of carbonyl (C=O) groups is 1. The first kappa shape index (κ1) is 12.4. The molecule has 1 amide bonds. The highest BCUT2D eigenvalue weighted by Crippen LogP contribution is 2.20. The quantitative estimate of drug-likeness (QED) is 0.836. The number of nitrogens with zero attached hydrogens (tertiary/aromatic N) is 2. The molecule has 1 heterocycles. The van der Waals surface area contributed by atoms with Gasteiger partial charge in [-0.2, -0.15) is 5.10 Å². The van der Waals surface area contributed by atoms with Gasteiger partial charge < -0.3 is 5.32 Å². The Hall–Kier alpha value is -1.08. The lowest BCUT2D eigenvalue weighted by atomic mass is 10.2. The molecule has 2 rings (SSSR count). The molecule has 0 aliphatic rings. The van der Waals surface area contributed by atoms with Crippen LogP contribution < -0.4 is 5.32 Å². The zero-order valence-electron chi connectivity index (χ0n) is 8.95. The average Bonchev–Trinajstić information content (AvgIpc) is 2.68. The summed E-state index contributed by atoms with van der Waals surface area (Å²) in [5, 5.41) is 7.30. The van der Waals surface area contributed by atoms with Gasteiger partial charge in [-0.3, -0.25) is 9.48 Å². The van der Waals surface area contributed by atoms with Gasteiger partial charge in [-0.05, 0) is 40.8 Å². The number of hydrogen-bond donors (Lipinski definition) is 1. The second-order valence-corrected chi connectivity index (χ2v) is 4.99. The van der Waals surface area contributed by atoms with Crippen molar-refractivity contribution >= 4 is 45.9 Å². The summed E-state index contributed by atoms with van der Waals surface area (Å²) in [5.41, 5.74) is 0.525. The average molecular weight is 362 g/mol. The van der Waals surface area contributed by atoms with E-state index in [4.69, 9.17) is 11.6 Å². The van der Waals surface area contributed by atoms with Crippen LogP contribution in [0.4, 0.5) is 5.82 Å². The zero-order valence-corrected chi connectivity index (χ0v) is 11.9. The van der Waals surface area contributed by atoms with Crippen molar-refractivity contribution in [3.8, 4) is 0 Å². The van der Waals surface area contributed by atoms with E-state index < -0.39 is 0 Å². The standard InChI is InChI=1S/C11H9ClIN3O/c1-16-10(4-5-14-16)15-11(17)7-2-3-9(13)8(12)6-7/h2-6H,1H3,(H,15,17). The highest BCUT2D eigenvalue weighted by atomic mass is 127. The summed E-state index contributed by atoms with van der Waals surface area (Å²) in [6.07, 6.45) is 1.62. The maximum Gasteiger partial charge on any atom is 0.256 e. The Labute approximate surface area is 117 Å². The van der Waals surface area contributed by atoms with E-state index in [0.717, 1.165) is 3.57 Å². The van der Waals surface area contributed by atoms with E-state index >= 15 is 0 Å². The molecule has 1 aromatic carbocycles. The summed E-state index contributed by atoms with van der Waals surface area (Å²) < 4.78 is 2.51. The number of benzene rings is 1. The molecule has 1 N–H and O–H groups in total. The third-order valence-electron chi connectivity index (χ3n) is 2.24. The second kappa shape index (κ2) is 5.05. The molecule has 0 aliphatic heterocycles. The molecule has 0 radical (unpaired) electrons. The van der Waals surface area contributed by atoms with Crippen LogP contribution in [-0.4, -0.2) is 15.7 Å². The molecule has 0 unspecified atom stereocenters. The number of aryl methyl sites for hydroxylation is 1. The van der Waals surface area contributed by atoms with Crippen LogP contribution in [0.25, 0.3) is 0 Å². The molecule has 2 aromatic rings. The Morgan fingerprint density at radius 3 is 2.82 bits per heavy atom. The Kier molecular flexibility index (Phi) is 3.68. The van der Waals surface area contributed by atoms with Crippen molar-refractivity contribution in [1.82, 2.24) is 9.78 Å². The van der Waals surface area contributed by atoms with Crippen molar-refractivity contribution < 1.29 is 4.79 Å². The summed E-state index contributed by atoms with van der Waals surface area (Å²) in [4.78, 5) is 11.9. The fourth-order valence-corrected chi connectivity index (χ4v) is 1.84. The minimum Gasteiger partial charge on any atom is -0.307 e. The molecule has 0 aliphatic carbocycles. The zero-order chi connectivity index (χ0) is 12.4. The van der Waals surface area contributed by atoms with Crippen LogP contribution in [0.1, 0.15) is 10.4 Å². The Morgan fingerprint density at radius 2 is 2.24 bits per heavy atom. The fraction of sp³-hybridized carbons (Fsp3) is 0.0909. The normalized spacial score (nSPS) is 10.3. The Balaban J connectivity index is 2.20. The van der Waals surface area contributed by atoms with Gasteiger partial charge in [0.2, 0.25) is 0 Å². The third-order valence-corrected chi connectivity index (χ3v) is 3.82. The second-order valence-electron chi connectivity index (χ2n) is 3.42. The lowest BCUT2D eigenvalue weighted by Gasteiger charge is -2.06. The van der Waals surface area contributed by atoms with Crippen LogP contribution >= 0.6 is 34.2 Å². The molecular formula is C11H9ClIN3O. The van der Waals surface area contributed by atoms with E-state index in [9.17, 15) is 4.79 Å². The van der Waals surface area contributed by atoms with Crippen molar-refractivity contribution in [3.63, 3.8) is 0 Å². The van der Waals surface area contributed by atoms with Crippen molar-refractivity contribution in [3.05, 3.63) is 44.6 Å². The lowest BCUT2D eigenvalue weighted by Crippen LogP contribution is -2.14. The number of nitrogens with one attached hydrogen (secondary N) is 1. The van der Waals surface area contributed by atoms with Crippen molar-refractivity contribution in [1.29, 1.82) is 0 Å². The van der Waals surface area contributed by atoms with Crippen molar-refractivity contribution in [2.75, 3.05) is 5.32 Å². The Morgan fingerprint density at radius 1 is 1.47 bits per heavy atom. The van der Waals surface area contributed by atoms with E-state index in [1.165, 1.54) is 0 Å². The minimum absolute atomic E-state index is 0.202. The van der Waals surface area contributed by atoms with Gasteiger partial charge in [0, 0.05) is 22.2 Å². The number of carbonyl (C=O) groups excluding carboxylic acids is 1. The molecule has 0 bridgehead atoms. The Bertz CT molecular complexity index is 568. The summed E-state index contributed by atoms with van der Waals surface area (Å²) in [5.74, 6) is 0.441. The summed E-state index contributed by atoms with van der Waals surface area (Å²) in [6.45, 7) is 0. The first-order valence-corrected chi connectivity index (χ1v) is 6.28. The van der Waals surface area contributed by atoms with Gasteiger partial charge in [-0.15, -0.1) is 0 Å². The van der Waals surface area contributed by atoms with Crippen LogP contribution in [0.15, 0.2) is 30.5 Å². The number of hydrogen-bond acceptors (Lipinski definition) is 2. The van der Waals surface area contributed by atoms with Crippen LogP contribution in [0, 0.1) is 3.57 Å². The highest BCUT2D eigenvalue weighted by Gasteiger charge is 2.09. The molecule has 0 fully saturated rings. The van der Waals surface area contributed by atoms with Gasteiger partial charge in [0.25, 0.3) is 5.91 Å². The van der Waals surface area contributed by atoms with Crippen LogP contribution in [0.5, 0.6) is 0 Å². The van der Waals surface area contributed by atoms with Crippen molar-refractivity contribution in [2.24, 2.45) is 7.05 Å². The number of aromatic nitrogens is 2. The van der Waals surface area contributed by atoms with Crippen LogP contribution in [0.3, 0.4) is 0 Å². The minimum atomic E-state index is -0.202. The molecule has 6 heteroatoms. The predicted octanol–water partition coefficient (Wildman–Crippen LogP) is 2.93. The maximum atomic E-state index is 11.9. The van der Waals surface area contributed by atoms with Gasteiger partial charge in [-0.1, -0.05) is 11.6 Å². The molecular weight excluding hydrogens is 352 g/mol. The summed E-state index contributed by atoms with van der Waals surface area (Å²) >= 11 is 8.08. The van der Waals surface area contributed by atoms with Gasteiger partial charge >= 0.3 is 0 Å². The lowest BCUT2D eigenvalue weighted by molar-refractivity contribution is 0.102. The predicted molar refractivity (Wildman–Crippen MR) is 75.3 cm³/mol. The number of anilines is 1. The third kappa shape index (κ3) is 2.78. The molecule has 4 nitrogen and oxygen atoms in total. The van der Waals surface area contributed by atoms with Gasteiger partial charge in [0.15, 0.2) is 0 Å². The van der Waals surface area contributed by atoms with Gasteiger partial charge in [0.1, 0.15) is 5.82 Å². The van der Waals surface area contributed by atoms with E-state index in [1.54, 1.807) is 42.2 Å². The topological polar surface area (TPSA) is 46.9 Å².